The van der Waals surface area contributed by atoms with Gasteiger partial charge in [0.05, 0.1) is 0 Å². The molecule has 0 aromatic heterocycles. The molecule has 1 aromatic rings. The predicted molar refractivity (Wildman–Crippen MR) is 65.8 cm³/mol. The van der Waals surface area contributed by atoms with E-state index >= 15 is 0 Å². The summed E-state index contributed by atoms with van der Waals surface area (Å²) >= 11 is 4.17. The first-order valence-corrected chi connectivity index (χ1v) is 5.55. The highest BCUT2D eigenvalue weighted by Gasteiger charge is 1.85. The minimum atomic E-state index is 1.03. The molecule has 0 radical (unpaired) electrons. The highest BCUT2D eigenvalue weighted by molar-refractivity contribution is 7.80. The zero-order chi connectivity index (χ0) is 10.7. The van der Waals surface area contributed by atoms with Gasteiger partial charge in [0, 0.05) is 4.90 Å². The van der Waals surface area contributed by atoms with Gasteiger partial charge in [0.1, 0.15) is 0 Å². The fourth-order valence-electron chi connectivity index (χ4n) is 0.732. The number of benzene rings is 1. The van der Waals surface area contributed by atoms with Crippen LogP contribution in [0, 0.1) is 0 Å². The SMILES string of the molecule is CC.CC.CCc1ccc(S)cc1. The fourth-order valence-corrected chi connectivity index (χ4v) is 0.881. The molecule has 13 heavy (non-hydrogen) atoms. The standard InChI is InChI=1S/C8H10S.2C2H6/c1-2-7-3-5-8(9)6-4-7;2*1-2/h3-6,9H,2H2,1H3;2*1-2H3. The molecule has 0 aliphatic heterocycles. The second-order valence-electron chi connectivity index (χ2n) is 2.02. The van der Waals surface area contributed by atoms with Gasteiger partial charge in [0.2, 0.25) is 0 Å². The molecular weight excluding hydrogens is 176 g/mol. The van der Waals surface area contributed by atoms with Crippen LogP contribution in [0.15, 0.2) is 29.2 Å². The summed E-state index contributed by atoms with van der Waals surface area (Å²) in [4.78, 5) is 1.03. The number of aryl methyl sites for hydroxylation is 1. The van der Waals surface area contributed by atoms with E-state index in [9.17, 15) is 0 Å². The maximum atomic E-state index is 4.17. The molecule has 0 unspecified atom stereocenters. The Morgan fingerprint density at radius 2 is 1.31 bits per heavy atom. The van der Waals surface area contributed by atoms with Crippen LogP contribution in [0.1, 0.15) is 40.2 Å². The number of thiol groups is 1. The molecule has 0 amide bonds. The smallest absolute Gasteiger partial charge is 0.00401 e. The largest absolute Gasteiger partial charge is 0.143 e. The highest BCUT2D eigenvalue weighted by Crippen LogP contribution is 2.07. The molecule has 0 fully saturated rings. The van der Waals surface area contributed by atoms with Crippen LogP contribution in [0.3, 0.4) is 0 Å². The molecule has 0 bridgehead atoms. The van der Waals surface area contributed by atoms with Crippen molar-refractivity contribution in [2.45, 2.75) is 45.9 Å². The first kappa shape index (κ1) is 15.1. The minimum Gasteiger partial charge on any atom is -0.143 e. The van der Waals surface area contributed by atoms with Gasteiger partial charge in [-0.3, -0.25) is 0 Å². The van der Waals surface area contributed by atoms with Gasteiger partial charge in [-0.1, -0.05) is 46.8 Å². The summed E-state index contributed by atoms with van der Waals surface area (Å²) < 4.78 is 0. The van der Waals surface area contributed by atoms with E-state index < -0.39 is 0 Å². The Balaban J connectivity index is 0. The molecule has 0 spiro atoms. The zero-order valence-corrected chi connectivity index (χ0v) is 10.4. The molecule has 76 valence electrons. The second kappa shape index (κ2) is 11.6. The van der Waals surface area contributed by atoms with Gasteiger partial charge in [-0.15, -0.1) is 12.6 Å². The number of hydrogen-bond acceptors (Lipinski definition) is 1. The van der Waals surface area contributed by atoms with E-state index in [1.165, 1.54) is 5.56 Å². The van der Waals surface area contributed by atoms with Crippen LogP contribution in [0.4, 0.5) is 0 Å². The van der Waals surface area contributed by atoms with Crippen LogP contribution in [0.5, 0.6) is 0 Å². The topological polar surface area (TPSA) is 0 Å². The van der Waals surface area contributed by atoms with Crippen molar-refractivity contribution < 1.29 is 0 Å². The molecule has 1 aromatic carbocycles. The average Bonchev–Trinajstić information content (AvgIpc) is 2.25. The van der Waals surface area contributed by atoms with Crippen molar-refractivity contribution in [1.29, 1.82) is 0 Å². The van der Waals surface area contributed by atoms with Crippen LogP contribution in [0.25, 0.3) is 0 Å². The molecule has 0 saturated carbocycles. The monoisotopic (exact) mass is 198 g/mol. The van der Waals surface area contributed by atoms with E-state index in [0.29, 0.717) is 0 Å². The average molecular weight is 198 g/mol. The third-order valence-electron chi connectivity index (χ3n) is 1.34. The van der Waals surface area contributed by atoms with Crippen molar-refractivity contribution in [3.05, 3.63) is 29.8 Å². The van der Waals surface area contributed by atoms with Gasteiger partial charge in [-0.2, -0.15) is 0 Å². The van der Waals surface area contributed by atoms with Crippen molar-refractivity contribution in [1.82, 2.24) is 0 Å². The molecule has 0 heterocycles. The van der Waals surface area contributed by atoms with Crippen LogP contribution in [-0.2, 0) is 6.42 Å². The molecule has 0 N–H and O–H groups in total. The van der Waals surface area contributed by atoms with Crippen molar-refractivity contribution in [3.63, 3.8) is 0 Å². The Kier molecular flexibility index (Phi) is 13.4. The summed E-state index contributed by atoms with van der Waals surface area (Å²) in [6.07, 6.45) is 1.11. The molecule has 0 nitrogen and oxygen atoms in total. The minimum absolute atomic E-state index is 1.03. The fraction of sp³-hybridized carbons (Fsp3) is 0.500. The lowest BCUT2D eigenvalue weighted by atomic mass is 10.2. The molecular formula is C12H22S. The highest BCUT2D eigenvalue weighted by atomic mass is 32.1. The molecule has 0 aliphatic rings. The lowest BCUT2D eigenvalue weighted by molar-refractivity contribution is 1.13. The Hall–Kier alpha value is -0.430. The summed E-state index contributed by atoms with van der Waals surface area (Å²) in [5, 5.41) is 0. The molecule has 0 atom stereocenters. The van der Waals surface area contributed by atoms with Crippen LogP contribution in [-0.4, -0.2) is 0 Å². The quantitative estimate of drug-likeness (QED) is 0.627. The summed E-state index contributed by atoms with van der Waals surface area (Å²) in [5.41, 5.74) is 1.37. The maximum Gasteiger partial charge on any atom is 0.00401 e. The van der Waals surface area contributed by atoms with E-state index in [2.05, 4.69) is 31.7 Å². The zero-order valence-electron chi connectivity index (χ0n) is 9.46. The van der Waals surface area contributed by atoms with Gasteiger partial charge >= 0.3 is 0 Å². The summed E-state index contributed by atoms with van der Waals surface area (Å²) in [6, 6.07) is 8.23. The van der Waals surface area contributed by atoms with Gasteiger partial charge in [-0.05, 0) is 24.1 Å². The Labute approximate surface area is 88.8 Å². The van der Waals surface area contributed by atoms with Crippen molar-refractivity contribution in [3.8, 4) is 0 Å². The number of rotatable bonds is 1. The summed E-state index contributed by atoms with van der Waals surface area (Å²) in [5.74, 6) is 0. The van der Waals surface area contributed by atoms with Crippen molar-refractivity contribution in [2.75, 3.05) is 0 Å². The van der Waals surface area contributed by atoms with E-state index in [0.717, 1.165) is 11.3 Å². The van der Waals surface area contributed by atoms with Crippen LogP contribution < -0.4 is 0 Å². The van der Waals surface area contributed by atoms with Crippen LogP contribution >= 0.6 is 12.6 Å². The third kappa shape index (κ3) is 7.92. The maximum absolute atomic E-state index is 4.17. The molecule has 1 rings (SSSR count). The summed E-state index contributed by atoms with van der Waals surface area (Å²) in [7, 11) is 0. The Morgan fingerprint density at radius 3 is 1.62 bits per heavy atom. The van der Waals surface area contributed by atoms with E-state index in [-0.39, 0.29) is 0 Å². The van der Waals surface area contributed by atoms with E-state index in [4.69, 9.17) is 0 Å². The van der Waals surface area contributed by atoms with Gasteiger partial charge < -0.3 is 0 Å². The first-order chi connectivity index (χ1) is 6.33. The Morgan fingerprint density at radius 1 is 0.923 bits per heavy atom. The normalized spacial score (nSPS) is 7.54. The summed E-state index contributed by atoms with van der Waals surface area (Å²) in [6.45, 7) is 10.1. The molecule has 1 heteroatoms. The molecule has 0 aliphatic carbocycles. The molecule has 0 saturated heterocycles. The van der Waals surface area contributed by atoms with Crippen molar-refractivity contribution in [2.24, 2.45) is 0 Å². The van der Waals surface area contributed by atoms with E-state index in [1.54, 1.807) is 0 Å². The lowest BCUT2D eigenvalue weighted by Gasteiger charge is -1.93. The van der Waals surface area contributed by atoms with E-state index in [1.807, 2.05) is 39.8 Å². The van der Waals surface area contributed by atoms with Gasteiger partial charge in [0.25, 0.3) is 0 Å². The predicted octanol–water partition coefficient (Wildman–Crippen LogP) is 4.59. The van der Waals surface area contributed by atoms with Crippen LogP contribution in [0.2, 0.25) is 0 Å². The Bertz CT molecular complexity index is 177. The van der Waals surface area contributed by atoms with Crippen molar-refractivity contribution >= 4 is 12.6 Å². The first-order valence-electron chi connectivity index (χ1n) is 5.11. The lowest BCUT2D eigenvalue weighted by Crippen LogP contribution is -1.76. The third-order valence-corrected chi connectivity index (χ3v) is 1.64. The second-order valence-corrected chi connectivity index (χ2v) is 2.54. The number of hydrogen-bond donors (Lipinski definition) is 1. The van der Waals surface area contributed by atoms with Gasteiger partial charge in [0.15, 0.2) is 0 Å². The van der Waals surface area contributed by atoms with Gasteiger partial charge in [-0.25, -0.2) is 0 Å².